The molecule has 2 aromatic carbocycles. The average molecular weight is 501 g/mol. The third-order valence-electron chi connectivity index (χ3n) is 5.50. The van der Waals surface area contributed by atoms with Gasteiger partial charge in [-0.15, -0.1) is 34.9 Å². The summed E-state index contributed by atoms with van der Waals surface area (Å²) in [6.07, 6.45) is 11.4. The van der Waals surface area contributed by atoms with Gasteiger partial charge in [-0.2, -0.15) is 0 Å². The molecule has 1 heterocycles. The lowest BCUT2D eigenvalue weighted by atomic mass is 10.1. The Morgan fingerprint density at radius 1 is 0.606 bits per heavy atom. The topological polar surface area (TPSA) is 18.5 Å². The Morgan fingerprint density at radius 2 is 1.00 bits per heavy atom. The Hall–Kier alpha value is -1.56. The number of rotatable bonds is 14. The number of unbranched alkanes of at least 4 members (excludes halogenated alkanes) is 4. The highest BCUT2D eigenvalue weighted by molar-refractivity contribution is 8.02. The normalized spacial score (nSPS) is 11.0. The van der Waals surface area contributed by atoms with E-state index in [1.165, 1.54) is 56.4 Å². The van der Waals surface area contributed by atoms with Crippen LogP contribution in [-0.2, 0) is 0 Å². The number of hydrogen-bond donors (Lipinski definition) is 0. The van der Waals surface area contributed by atoms with Crippen molar-refractivity contribution < 1.29 is 9.47 Å². The van der Waals surface area contributed by atoms with Gasteiger partial charge >= 0.3 is 0 Å². The lowest BCUT2D eigenvalue weighted by Crippen LogP contribution is -1.96. The van der Waals surface area contributed by atoms with Crippen molar-refractivity contribution in [3.05, 3.63) is 48.5 Å². The summed E-state index contributed by atoms with van der Waals surface area (Å²) in [7, 11) is 0. The molecule has 0 aliphatic heterocycles. The Kier molecular flexibility index (Phi) is 11.0. The second kappa shape index (κ2) is 14.0. The van der Waals surface area contributed by atoms with Crippen LogP contribution < -0.4 is 9.47 Å². The molecular formula is C28H36O2S3. The van der Waals surface area contributed by atoms with Gasteiger partial charge in [-0.1, -0.05) is 39.5 Å². The molecule has 3 rings (SSSR count). The van der Waals surface area contributed by atoms with Gasteiger partial charge in [0, 0.05) is 19.5 Å². The molecule has 0 fully saturated rings. The molecule has 178 valence electrons. The Morgan fingerprint density at radius 3 is 1.33 bits per heavy atom. The molecule has 0 unspecified atom stereocenters. The summed E-state index contributed by atoms with van der Waals surface area (Å²) < 4.78 is 11.8. The van der Waals surface area contributed by atoms with Crippen LogP contribution in [0.15, 0.2) is 58.3 Å². The maximum atomic E-state index is 5.91. The van der Waals surface area contributed by atoms with Gasteiger partial charge in [0.2, 0.25) is 0 Å². The van der Waals surface area contributed by atoms with Crippen LogP contribution in [0.2, 0.25) is 0 Å². The average Bonchev–Trinajstić information content (AvgIpc) is 3.24. The van der Waals surface area contributed by atoms with Gasteiger partial charge in [-0.05, 0) is 85.0 Å². The monoisotopic (exact) mass is 500 g/mol. The van der Waals surface area contributed by atoms with E-state index in [4.69, 9.17) is 9.47 Å². The van der Waals surface area contributed by atoms with E-state index in [1.54, 1.807) is 0 Å². The van der Waals surface area contributed by atoms with Crippen LogP contribution in [0, 0.1) is 0 Å². The lowest BCUT2D eigenvalue weighted by Gasteiger charge is -2.08. The molecule has 0 aliphatic rings. The zero-order valence-corrected chi connectivity index (χ0v) is 22.8. The fourth-order valence-corrected chi connectivity index (χ4v) is 7.30. The maximum Gasteiger partial charge on any atom is 0.119 e. The van der Waals surface area contributed by atoms with Gasteiger partial charge < -0.3 is 9.47 Å². The summed E-state index contributed by atoms with van der Waals surface area (Å²) in [5.74, 6) is 1.91. The first-order chi connectivity index (χ1) is 16.2. The minimum Gasteiger partial charge on any atom is -0.494 e. The number of hydrogen-bond acceptors (Lipinski definition) is 5. The van der Waals surface area contributed by atoms with Crippen molar-refractivity contribution in [3.63, 3.8) is 0 Å². The minimum atomic E-state index is 0.793. The number of thioether (sulfide) groups is 2. The molecule has 0 spiro atoms. The molecular weight excluding hydrogens is 465 g/mol. The van der Waals surface area contributed by atoms with Crippen LogP contribution in [0.25, 0.3) is 20.9 Å². The van der Waals surface area contributed by atoms with Gasteiger partial charge in [0.1, 0.15) is 11.5 Å². The predicted molar refractivity (Wildman–Crippen MR) is 149 cm³/mol. The first-order valence-corrected chi connectivity index (χ1v) is 15.2. The van der Waals surface area contributed by atoms with Crippen LogP contribution in [0.4, 0.5) is 0 Å². The molecule has 0 atom stereocenters. The summed E-state index contributed by atoms with van der Waals surface area (Å²) in [6, 6.07) is 17.2. The van der Waals surface area contributed by atoms with E-state index < -0.39 is 0 Å². The standard InChI is InChI=1S/C28H36O2S3/c1-5-7-9-19-29-23-15-11-21(12-16-23)25-27(31-3)28(32-4)26(33-25)22-13-17-24(18-14-22)30-20-10-8-6-2/h11-18H,5-10,19-20H2,1-4H3. The summed E-state index contributed by atoms with van der Waals surface area (Å²) in [4.78, 5) is 5.39. The van der Waals surface area contributed by atoms with Gasteiger partial charge in [0.05, 0.1) is 13.2 Å². The highest BCUT2D eigenvalue weighted by Crippen LogP contribution is 2.50. The van der Waals surface area contributed by atoms with Crippen molar-refractivity contribution in [1.82, 2.24) is 0 Å². The summed E-state index contributed by atoms with van der Waals surface area (Å²) >= 11 is 5.54. The molecule has 0 saturated carbocycles. The van der Waals surface area contributed by atoms with Crippen molar-refractivity contribution in [2.75, 3.05) is 25.7 Å². The number of thiophene rings is 1. The van der Waals surface area contributed by atoms with E-state index in [-0.39, 0.29) is 0 Å². The predicted octanol–water partition coefficient (Wildman–Crippen LogP) is 9.66. The molecule has 1 aromatic heterocycles. The number of benzene rings is 2. The van der Waals surface area contributed by atoms with Crippen molar-refractivity contribution in [1.29, 1.82) is 0 Å². The van der Waals surface area contributed by atoms with Crippen molar-refractivity contribution >= 4 is 34.9 Å². The minimum absolute atomic E-state index is 0.793. The fourth-order valence-electron chi connectivity index (χ4n) is 3.64. The molecule has 2 nitrogen and oxygen atoms in total. The zero-order chi connectivity index (χ0) is 23.5. The Balaban J connectivity index is 1.79. The molecule has 3 aromatic rings. The summed E-state index contributed by atoms with van der Waals surface area (Å²) in [5, 5.41) is 0. The summed E-state index contributed by atoms with van der Waals surface area (Å²) in [5.41, 5.74) is 2.50. The van der Waals surface area contributed by atoms with E-state index in [0.717, 1.165) is 37.6 Å². The summed E-state index contributed by atoms with van der Waals surface area (Å²) in [6.45, 7) is 6.02. The van der Waals surface area contributed by atoms with E-state index in [1.807, 2.05) is 34.9 Å². The first kappa shape index (κ1) is 26.1. The van der Waals surface area contributed by atoms with Gasteiger partial charge in [0.15, 0.2) is 0 Å². The fraction of sp³-hybridized carbons (Fsp3) is 0.429. The van der Waals surface area contributed by atoms with Gasteiger partial charge in [0.25, 0.3) is 0 Å². The van der Waals surface area contributed by atoms with E-state index >= 15 is 0 Å². The molecule has 0 aliphatic carbocycles. The highest BCUT2D eigenvalue weighted by atomic mass is 32.2. The smallest absolute Gasteiger partial charge is 0.119 e. The van der Waals surface area contributed by atoms with E-state index in [9.17, 15) is 0 Å². The van der Waals surface area contributed by atoms with Gasteiger partial charge in [-0.25, -0.2) is 0 Å². The SMILES string of the molecule is CCCCCOc1ccc(-c2sc(-c3ccc(OCCCCC)cc3)c(SC)c2SC)cc1. The Bertz CT molecular complexity index is 884. The van der Waals surface area contributed by atoms with E-state index in [0.29, 0.717) is 0 Å². The third-order valence-corrected chi connectivity index (χ3v) is 8.81. The molecule has 33 heavy (non-hydrogen) atoms. The van der Waals surface area contributed by atoms with Crippen LogP contribution in [0.5, 0.6) is 11.5 Å². The first-order valence-electron chi connectivity index (χ1n) is 11.9. The van der Waals surface area contributed by atoms with Crippen molar-refractivity contribution in [2.24, 2.45) is 0 Å². The maximum absolute atomic E-state index is 5.91. The van der Waals surface area contributed by atoms with E-state index in [2.05, 4.69) is 74.9 Å². The molecule has 0 radical (unpaired) electrons. The van der Waals surface area contributed by atoms with Crippen LogP contribution in [0.1, 0.15) is 52.4 Å². The lowest BCUT2D eigenvalue weighted by molar-refractivity contribution is 0.306. The van der Waals surface area contributed by atoms with Crippen molar-refractivity contribution in [3.8, 4) is 32.4 Å². The second-order valence-corrected chi connectivity index (χ2v) is 10.6. The van der Waals surface area contributed by atoms with Crippen molar-refractivity contribution in [2.45, 2.75) is 62.2 Å². The molecule has 0 N–H and O–H groups in total. The number of ether oxygens (including phenoxy) is 2. The zero-order valence-electron chi connectivity index (χ0n) is 20.3. The van der Waals surface area contributed by atoms with Crippen LogP contribution >= 0.6 is 34.9 Å². The Labute approximate surface area is 212 Å². The molecule has 5 heteroatoms. The third kappa shape index (κ3) is 7.21. The molecule has 0 bridgehead atoms. The van der Waals surface area contributed by atoms with Crippen LogP contribution in [0.3, 0.4) is 0 Å². The quantitative estimate of drug-likeness (QED) is 0.162. The molecule has 0 saturated heterocycles. The van der Waals surface area contributed by atoms with Crippen LogP contribution in [-0.4, -0.2) is 25.7 Å². The largest absolute Gasteiger partial charge is 0.494 e. The highest BCUT2D eigenvalue weighted by Gasteiger charge is 2.19. The second-order valence-electron chi connectivity index (χ2n) is 7.99. The van der Waals surface area contributed by atoms with Gasteiger partial charge in [-0.3, -0.25) is 0 Å². The molecule has 0 amide bonds.